The molecule has 14 rings (SSSR count). The van der Waals surface area contributed by atoms with E-state index < -0.39 is 0 Å². The van der Waals surface area contributed by atoms with Crippen molar-refractivity contribution >= 4 is 113 Å². The van der Waals surface area contributed by atoms with Crippen molar-refractivity contribution in [3.8, 4) is 28.3 Å². The zero-order valence-electron chi connectivity index (χ0n) is 30.4. The maximum Gasteiger partial charge on any atom is 0.235 e. The second kappa shape index (κ2) is 10.7. The molecule has 262 valence electrons. The number of rotatable bonds is 3. The summed E-state index contributed by atoms with van der Waals surface area (Å²) in [5.41, 5.74) is 11.3. The van der Waals surface area contributed by atoms with E-state index in [1.54, 1.807) is 0 Å². The zero-order valence-corrected chi connectivity index (χ0v) is 31.2. The van der Waals surface area contributed by atoms with Gasteiger partial charge < -0.3 is 4.40 Å². The maximum atomic E-state index is 5.63. The standard InChI is InChI=1S/C52H28N4S/c1-3-12-33-29(9-1)11-7-15-34(33)31-19-21-32(22-20-31)50-45-35-13-4-2-10-30(35)23-25-38(45)53-52(54-50)56-41-27-28-44-49-46-40(17-8-18-43(46)57-44)55-39-16-6-5-14-36(39)37-24-26-42(56)48(47(41)49)51(37)55/h1-28H. The Morgan fingerprint density at radius 1 is 0.386 bits per heavy atom. The second-order valence-electron chi connectivity index (χ2n) is 15.3. The van der Waals surface area contributed by atoms with E-state index in [-0.39, 0.29) is 0 Å². The molecular weight excluding hydrogens is 713 g/mol. The normalized spacial score (nSPS) is 12.6. The molecule has 0 unspecified atom stereocenters. The largest absolute Gasteiger partial charge is 0.308 e. The lowest BCUT2D eigenvalue weighted by Gasteiger charge is -2.14. The van der Waals surface area contributed by atoms with Gasteiger partial charge in [-0.25, -0.2) is 9.97 Å². The van der Waals surface area contributed by atoms with Crippen LogP contribution in [0.1, 0.15) is 0 Å². The molecule has 5 aromatic heterocycles. The Kier molecular flexibility index (Phi) is 5.62. The van der Waals surface area contributed by atoms with Gasteiger partial charge in [-0.05, 0) is 75.1 Å². The first-order valence-electron chi connectivity index (χ1n) is 19.4. The number of hydrogen-bond donors (Lipinski definition) is 0. The van der Waals surface area contributed by atoms with E-state index in [0.29, 0.717) is 5.95 Å². The van der Waals surface area contributed by atoms with E-state index >= 15 is 0 Å². The topological polar surface area (TPSA) is 35.1 Å². The SMILES string of the molecule is c1ccc2c(-c3ccc(-c4nc(-n5c6ccc7sc8cccc9c8c7c6c6c5ccc5c7ccccc7n9c56)nc5ccc6ccccc6c45)cc3)cccc2c1. The van der Waals surface area contributed by atoms with Gasteiger partial charge in [0.15, 0.2) is 0 Å². The quantitative estimate of drug-likeness (QED) is 0.169. The molecule has 0 amide bonds. The molecule has 0 aliphatic rings. The van der Waals surface area contributed by atoms with Crippen LogP contribution in [0.3, 0.4) is 0 Å². The molecule has 4 nitrogen and oxygen atoms in total. The van der Waals surface area contributed by atoms with Gasteiger partial charge in [0, 0.05) is 52.7 Å². The number of nitrogens with zero attached hydrogens (tertiary/aromatic N) is 4. The van der Waals surface area contributed by atoms with Crippen LogP contribution in [0.25, 0.3) is 130 Å². The minimum Gasteiger partial charge on any atom is -0.308 e. The van der Waals surface area contributed by atoms with Gasteiger partial charge in [0.1, 0.15) is 0 Å². The first-order valence-corrected chi connectivity index (χ1v) is 20.2. The maximum absolute atomic E-state index is 5.63. The highest BCUT2D eigenvalue weighted by atomic mass is 32.1. The van der Waals surface area contributed by atoms with E-state index in [9.17, 15) is 0 Å². The Hall–Kier alpha value is -7.34. The molecule has 0 bridgehead atoms. The highest BCUT2D eigenvalue weighted by molar-refractivity contribution is 7.26. The summed E-state index contributed by atoms with van der Waals surface area (Å²) in [5.74, 6) is 0.674. The van der Waals surface area contributed by atoms with E-state index in [1.807, 2.05) is 11.3 Å². The molecule has 5 heteroatoms. The number of benzene rings is 9. The lowest BCUT2D eigenvalue weighted by atomic mass is 9.96. The lowest BCUT2D eigenvalue weighted by molar-refractivity contribution is 1.01. The molecule has 0 fully saturated rings. The monoisotopic (exact) mass is 740 g/mol. The summed E-state index contributed by atoms with van der Waals surface area (Å²) in [4.78, 5) is 11.1. The van der Waals surface area contributed by atoms with E-state index in [1.165, 1.54) is 85.6 Å². The van der Waals surface area contributed by atoms with Gasteiger partial charge in [-0.3, -0.25) is 4.57 Å². The average Bonchev–Trinajstić information content (AvgIpc) is 3.90. The second-order valence-corrected chi connectivity index (χ2v) is 16.4. The predicted molar refractivity (Wildman–Crippen MR) is 241 cm³/mol. The van der Waals surface area contributed by atoms with Crippen LogP contribution in [-0.2, 0) is 0 Å². The number of fused-ring (bicyclic) bond motifs is 8. The summed E-state index contributed by atoms with van der Waals surface area (Å²) in [6.45, 7) is 0. The van der Waals surface area contributed by atoms with Gasteiger partial charge in [0.05, 0.1) is 38.8 Å². The molecule has 9 aromatic carbocycles. The highest BCUT2D eigenvalue weighted by Gasteiger charge is 2.27. The molecule has 0 spiro atoms. The van der Waals surface area contributed by atoms with Crippen LogP contribution in [0.15, 0.2) is 170 Å². The molecule has 0 atom stereocenters. The summed E-state index contributed by atoms with van der Waals surface area (Å²) < 4.78 is 7.44. The Morgan fingerprint density at radius 3 is 1.96 bits per heavy atom. The van der Waals surface area contributed by atoms with Crippen molar-refractivity contribution in [3.63, 3.8) is 0 Å². The molecule has 0 aliphatic heterocycles. The average molecular weight is 741 g/mol. The van der Waals surface area contributed by atoms with Crippen LogP contribution in [0.4, 0.5) is 0 Å². The van der Waals surface area contributed by atoms with Crippen molar-refractivity contribution in [2.24, 2.45) is 0 Å². The Morgan fingerprint density at radius 2 is 1.07 bits per heavy atom. The Balaban J connectivity index is 1.10. The number of aromatic nitrogens is 4. The molecule has 0 aliphatic carbocycles. The summed E-state index contributed by atoms with van der Waals surface area (Å²) in [5, 5.41) is 13.6. The lowest BCUT2D eigenvalue weighted by Crippen LogP contribution is -2.04. The first-order chi connectivity index (χ1) is 28.3. The van der Waals surface area contributed by atoms with Gasteiger partial charge in [-0.15, -0.1) is 11.3 Å². The number of para-hydroxylation sites is 1. The van der Waals surface area contributed by atoms with Crippen LogP contribution in [0, 0.1) is 0 Å². The van der Waals surface area contributed by atoms with Gasteiger partial charge in [-0.1, -0.05) is 127 Å². The van der Waals surface area contributed by atoms with Crippen LogP contribution < -0.4 is 0 Å². The molecule has 0 radical (unpaired) electrons. The molecule has 14 aromatic rings. The Labute approximate surface area is 328 Å². The van der Waals surface area contributed by atoms with Crippen molar-refractivity contribution in [3.05, 3.63) is 170 Å². The first kappa shape index (κ1) is 29.9. The van der Waals surface area contributed by atoms with Gasteiger partial charge in [-0.2, -0.15) is 0 Å². The molecule has 5 heterocycles. The minimum atomic E-state index is 0.674. The third kappa shape index (κ3) is 3.81. The van der Waals surface area contributed by atoms with Gasteiger partial charge in [0.25, 0.3) is 0 Å². The summed E-state index contributed by atoms with van der Waals surface area (Å²) in [7, 11) is 0. The minimum absolute atomic E-state index is 0.674. The molecule has 0 saturated carbocycles. The molecule has 57 heavy (non-hydrogen) atoms. The van der Waals surface area contributed by atoms with E-state index in [2.05, 4.69) is 179 Å². The van der Waals surface area contributed by atoms with Gasteiger partial charge in [0.2, 0.25) is 5.95 Å². The van der Waals surface area contributed by atoms with Crippen molar-refractivity contribution in [1.29, 1.82) is 0 Å². The zero-order chi connectivity index (χ0) is 36.9. The smallest absolute Gasteiger partial charge is 0.235 e. The van der Waals surface area contributed by atoms with Gasteiger partial charge >= 0.3 is 0 Å². The van der Waals surface area contributed by atoms with Crippen LogP contribution in [0.2, 0.25) is 0 Å². The van der Waals surface area contributed by atoms with Crippen molar-refractivity contribution in [2.75, 3.05) is 0 Å². The summed E-state index contributed by atoms with van der Waals surface area (Å²) in [6, 6.07) is 61.9. The third-order valence-electron chi connectivity index (χ3n) is 12.4. The molecule has 0 N–H and O–H groups in total. The molecule has 0 saturated heterocycles. The summed E-state index contributed by atoms with van der Waals surface area (Å²) in [6.07, 6.45) is 0. The fourth-order valence-corrected chi connectivity index (χ4v) is 11.2. The third-order valence-corrected chi connectivity index (χ3v) is 13.6. The van der Waals surface area contributed by atoms with Crippen LogP contribution in [-0.4, -0.2) is 18.9 Å². The fraction of sp³-hybridized carbons (Fsp3) is 0. The highest BCUT2D eigenvalue weighted by Crippen LogP contribution is 2.50. The van der Waals surface area contributed by atoms with E-state index in [4.69, 9.17) is 9.97 Å². The van der Waals surface area contributed by atoms with Crippen LogP contribution in [0.5, 0.6) is 0 Å². The Bertz CT molecular complexity index is 3970. The predicted octanol–water partition coefficient (Wildman–Crippen LogP) is 14.2. The van der Waals surface area contributed by atoms with Crippen molar-refractivity contribution < 1.29 is 0 Å². The summed E-state index contributed by atoms with van der Waals surface area (Å²) >= 11 is 1.88. The number of thiophene rings is 1. The number of hydrogen-bond acceptors (Lipinski definition) is 3. The molecular formula is C52H28N4S. The fourth-order valence-electron chi connectivity index (χ4n) is 10.1. The van der Waals surface area contributed by atoms with Crippen molar-refractivity contribution in [2.45, 2.75) is 0 Å². The van der Waals surface area contributed by atoms with Crippen molar-refractivity contribution in [1.82, 2.24) is 18.9 Å². The van der Waals surface area contributed by atoms with Crippen LogP contribution >= 0.6 is 11.3 Å². The van der Waals surface area contributed by atoms with E-state index in [0.717, 1.165) is 38.6 Å².